The van der Waals surface area contributed by atoms with E-state index in [9.17, 15) is 0 Å². The molecule has 146 valence electrons. The SMILES string of the molecule is CCc1ccc(CCC2CCC(CCC3CCC(CC)CC3)CC2)nc1. The Morgan fingerprint density at radius 1 is 0.731 bits per heavy atom. The summed E-state index contributed by atoms with van der Waals surface area (Å²) in [6, 6.07) is 4.50. The molecule has 0 aliphatic heterocycles. The summed E-state index contributed by atoms with van der Waals surface area (Å²) in [6.07, 6.45) is 22.2. The van der Waals surface area contributed by atoms with E-state index in [-0.39, 0.29) is 0 Å². The van der Waals surface area contributed by atoms with Crippen molar-refractivity contribution in [3.05, 3.63) is 29.6 Å². The van der Waals surface area contributed by atoms with Gasteiger partial charge < -0.3 is 0 Å². The summed E-state index contributed by atoms with van der Waals surface area (Å²) in [6.45, 7) is 4.57. The van der Waals surface area contributed by atoms with Gasteiger partial charge in [0.15, 0.2) is 0 Å². The standard InChI is InChI=1S/C25H41N/c1-3-20-5-7-22(8-6-20)9-10-23-11-13-24(14-12-23)16-18-25-17-15-21(4-2)19-26-25/h15,17,19-20,22-24H,3-14,16,18H2,1-2H3. The smallest absolute Gasteiger partial charge is 0.0403 e. The molecule has 0 atom stereocenters. The van der Waals surface area contributed by atoms with Crippen molar-refractivity contribution < 1.29 is 0 Å². The summed E-state index contributed by atoms with van der Waals surface area (Å²) < 4.78 is 0. The van der Waals surface area contributed by atoms with Gasteiger partial charge in [0, 0.05) is 11.9 Å². The molecule has 1 heterocycles. The zero-order valence-electron chi connectivity index (χ0n) is 17.4. The highest BCUT2D eigenvalue weighted by molar-refractivity contribution is 5.14. The quantitative estimate of drug-likeness (QED) is 0.474. The second-order valence-electron chi connectivity index (χ2n) is 9.31. The van der Waals surface area contributed by atoms with Gasteiger partial charge in [0.1, 0.15) is 0 Å². The minimum absolute atomic E-state index is 0.957. The topological polar surface area (TPSA) is 12.9 Å². The molecule has 2 aliphatic carbocycles. The zero-order chi connectivity index (χ0) is 18.2. The van der Waals surface area contributed by atoms with Crippen LogP contribution < -0.4 is 0 Å². The lowest BCUT2D eigenvalue weighted by Crippen LogP contribution is -2.18. The average molecular weight is 356 g/mol. The summed E-state index contributed by atoms with van der Waals surface area (Å²) in [7, 11) is 0. The van der Waals surface area contributed by atoms with Crippen LogP contribution in [0.5, 0.6) is 0 Å². The predicted octanol–water partition coefficient (Wildman–Crippen LogP) is 7.38. The molecule has 0 unspecified atom stereocenters. The van der Waals surface area contributed by atoms with Gasteiger partial charge in [0.05, 0.1) is 0 Å². The number of aromatic nitrogens is 1. The molecule has 0 bridgehead atoms. The molecule has 0 aromatic carbocycles. The monoisotopic (exact) mass is 355 g/mol. The van der Waals surface area contributed by atoms with Gasteiger partial charge in [-0.1, -0.05) is 90.5 Å². The van der Waals surface area contributed by atoms with Gasteiger partial charge in [-0.3, -0.25) is 4.98 Å². The second-order valence-corrected chi connectivity index (χ2v) is 9.31. The number of pyridine rings is 1. The second kappa shape index (κ2) is 10.5. The molecule has 0 spiro atoms. The fourth-order valence-electron chi connectivity index (χ4n) is 5.37. The number of hydrogen-bond donors (Lipinski definition) is 0. The Morgan fingerprint density at radius 3 is 1.73 bits per heavy atom. The zero-order valence-corrected chi connectivity index (χ0v) is 17.4. The summed E-state index contributed by atoms with van der Waals surface area (Å²) in [4.78, 5) is 4.64. The van der Waals surface area contributed by atoms with Gasteiger partial charge in [0.25, 0.3) is 0 Å². The van der Waals surface area contributed by atoms with E-state index in [4.69, 9.17) is 0 Å². The van der Waals surface area contributed by atoms with Crippen LogP contribution in [0.25, 0.3) is 0 Å². The Morgan fingerprint density at radius 2 is 1.27 bits per heavy atom. The van der Waals surface area contributed by atoms with Crippen molar-refractivity contribution in [2.45, 2.75) is 104 Å². The lowest BCUT2D eigenvalue weighted by Gasteiger charge is -2.31. The highest BCUT2D eigenvalue weighted by Gasteiger charge is 2.24. The lowest BCUT2D eigenvalue weighted by atomic mass is 9.74. The molecule has 26 heavy (non-hydrogen) atoms. The summed E-state index contributed by atoms with van der Waals surface area (Å²) >= 11 is 0. The lowest BCUT2D eigenvalue weighted by molar-refractivity contribution is 0.211. The van der Waals surface area contributed by atoms with Gasteiger partial charge in [-0.05, 0) is 54.6 Å². The van der Waals surface area contributed by atoms with Crippen LogP contribution in [0.3, 0.4) is 0 Å². The Bertz CT molecular complexity index is 489. The van der Waals surface area contributed by atoms with Crippen molar-refractivity contribution in [2.75, 3.05) is 0 Å². The van der Waals surface area contributed by atoms with E-state index in [1.165, 1.54) is 94.7 Å². The fourth-order valence-corrected chi connectivity index (χ4v) is 5.37. The Kier molecular flexibility index (Phi) is 8.02. The van der Waals surface area contributed by atoms with Crippen LogP contribution in [-0.4, -0.2) is 4.98 Å². The van der Waals surface area contributed by atoms with Crippen molar-refractivity contribution in [3.63, 3.8) is 0 Å². The summed E-state index contributed by atoms with van der Waals surface area (Å²) in [5.74, 6) is 4.11. The van der Waals surface area contributed by atoms with Gasteiger partial charge in [0.2, 0.25) is 0 Å². The van der Waals surface area contributed by atoms with Crippen LogP contribution in [0, 0.1) is 23.7 Å². The summed E-state index contributed by atoms with van der Waals surface area (Å²) in [5.41, 5.74) is 2.66. The molecular weight excluding hydrogens is 314 g/mol. The third kappa shape index (κ3) is 6.10. The van der Waals surface area contributed by atoms with E-state index >= 15 is 0 Å². The van der Waals surface area contributed by atoms with Crippen molar-refractivity contribution in [3.8, 4) is 0 Å². The molecule has 1 aromatic heterocycles. The van der Waals surface area contributed by atoms with Gasteiger partial charge in [-0.15, -0.1) is 0 Å². The van der Waals surface area contributed by atoms with Crippen LogP contribution in [0.15, 0.2) is 18.3 Å². The first-order valence-corrected chi connectivity index (χ1v) is 11.7. The molecule has 0 amide bonds. The van der Waals surface area contributed by atoms with E-state index in [1.807, 2.05) is 0 Å². The van der Waals surface area contributed by atoms with E-state index in [2.05, 4.69) is 37.2 Å². The molecule has 2 aliphatic rings. The molecule has 2 fully saturated rings. The first kappa shape index (κ1) is 19.9. The fraction of sp³-hybridized carbons (Fsp3) is 0.800. The Hall–Kier alpha value is -0.850. The molecule has 0 saturated heterocycles. The molecule has 1 aromatic rings. The Balaban J connectivity index is 1.29. The number of hydrogen-bond acceptors (Lipinski definition) is 1. The molecule has 3 rings (SSSR count). The minimum Gasteiger partial charge on any atom is -0.261 e. The molecule has 0 radical (unpaired) electrons. The van der Waals surface area contributed by atoms with Crippen LogP contribution in [0.1, 0.15) is 102 Å². The summed E-state index contributed by atoms with van der Waals surface area (Å²) in [5, 5.41) is 0. The molecule has 2 saturated carbocycles. The molecular formula is C25H41N. The van der Waals surface area contributed by atoms with Gasteiger partial charge >= 0.3 is 0 Å². The van der Waals surface area contributed by atoms with Crippen LogP contribution in [0.2, 0.25) is 0 Å². The predicted molar refractivity (Wildman–Crippen MR) is 112 cm³/mol. The Labute approximate surface area is 162 Å². The average Bonchev–Trinajstić information content (AvgIpc) is 2.72. The molecule has 1 heteroatoms. The first-order chi connectivity index (χ1) is 12.8. The minimum atomic E-state index is 0.957. The van der Waals surface area contributed by atoms with Gasteiger partial charge in [-0.2, -0.15) is 0 Å². The molecule has 1 nitrogen and oxygen atoms in total. The van der Waals surface area contributed by atoms with Crippen LogP contribution in [-0.2, 0) is 12.8 Å². The number of rotatable bonds is 8. The first-order valence-electron chi connectivity index (χ1n) is 11.7. The van der Waals surface area contributed by atoms with E-state index < -0.39 is 0 Å². The maximum Gasteiger partial charge on any atom is 0.0403 e. The maximum atomic E-state index is 4.64. The number of aryl methyl sites for hydroxylation is 2. The van der Waals surface area contributed by atoms with Crippen molar-refractivity contribution in [1.29, 1.82) is 0 Å². The third-order valence-electron chi connectivity index (χ3n) is 7.60. The van der Waals surface area contributed by atoms with E-state index in [0.29, 0.717) is 0 Å². The maximum absolute atomic E-state index is 4.64. The largest absolute Gasteiger partial charge is 0.261 e. The van der Waals surface area contributed by atoms with Crippen molar-refractivity contribution >= 4 is 0 Å². The van der Waals surface area contributed by atoms with E-state index in [1.54, 1.807) is 0 Å². The van der Waals surface area contributed by atoms with Crippen molar-refractivity contribution in [2.24, 2.45) is 23.7 Å². The highest BCUT2D eigenvalue weighted by Crippen LogP contribution is 2.38. The normalized spacial score (nSPS) is 29.6. The third-order valence-corrected chi connectivity index (χ3v) is 7.60. The van der Waals surface area contributed by atoms with Crippen molar-refractivity contribution in [1.82, 2.24) is 4.98 Å². The van der Waals surface area contributed by atoms with Crippen LogP contribution in [0.4, 0.5) is 0 Å². The highest BCUT2D eigenvalue weighted by atomic mass is 14.7. The number of nitrogens with zero attached hydrogens (tertiary/aromatic N) is 1. The van der Waals surface area contributed by atoms with Gasteiger partial charge in [-0.25, -0.2) is 0 Å². The van der Waals surface area contributed by atoms with E-state index in [0.717, 1.165) is 30.1 Å². The van der Waals surface area contributed by atoms with Crippen LogP contribution >= 0.6 is 0 Å². The molecule has 0 N–H and O–H groups in total.